The van der Waals surface area contributed by atoms with Gasteiger partial charge in [0, 0.05) is 43.5 Å². The maximum atomic E-state index is 13.7. The number of fused-ring (bicyclic) bond motifs is 1. The summed E-state index contributed by atoms with van der Waals surface area (Å²) in [6, 6.07) is 23.8. The van der Waals surface area contributed by atoms with Gasteiger partial charge in [-0.2, -0.15) is 0 Å². The van der Waals surface area contributed by atoms with Crippen LogP contribution in [0.2, 0.25) is 0 Å². The Kier molecular flexibility index (Phi) is 6.53. The van der Waals surface area contributed by atoms with Crippen molar-refractivity contribution in [2.75, 3.05) is 49.7 Å². The van der Waals surface area contributed by atoms with Crippen LogP contribution in [-0.4, -0.2) is 45.7 Å². The molecule has 1 fully saturated rings. The van der Waals surface area contributed by atoms with Gasteiger partial charge in [0.2, 0.25) is 11.3 Å². The first-order valence-electron chi connectivity index (χ1n) is 12.0. The number of methoxy groups -OCH3 is 1. The molecule has 35 heavy (non-hydrogen) atoms. The van der Waals surface area contributed by atoms with Gasteiger partial charge in [0.05, 0.1) is 24.8 Å². The molecule has 6 nitrogen and oxygen atoms in total. The number of ether oxygens (including phenoxy) is 2. The number of H-pyrrole nitrogens is 1. The SMILES string of the molecule is CCOc1ccc(C(=O)c2c[nH+]c3ccccc3c2N2CCN(c3ccc(OC)cc3)CC2)cc1. The molecule has 0 radical (unpaired) electrons. The lowest BCUT2D eigenvalue weighted by Gasteiger charge is -2.38. The van der Waals surface area contributed by atoms with Gasteiger partial charge in [0.1, 0.15) is 17.1 Å². The van der Waals surface area contributed by atoms with E-state index in [4.69, 9.17) is 9.47 Å². The first-order valence-corrected chi connectivity index (χ1v) is 12.0. The molecule has 0 unspecified atom stereocenters. The van der Waals surface area contributed by atoms with E-state index in [2.05, 4.69) is 39.0 Å². The third kappa shape index (κ3) is 4.64. The number of rotatable bonds is 7. The second-order valence-corrected chi connectivity index (χ2v) is 8.56. The molecule has 6 heteroatoms. The van der Waals surface area contributed by atoms with E-state index in [1.165, 1.54) is 5.69 Å². The van der Waals surface area contributed by atoms with Crippen LogP contribution in [0.5, 0.6) is 11.5 Å². The Labute approximate surface area is 205 Å². The fourth-order valence-electron chi connectivity index (χ4n) is 4.70. The minimum Gasteiger partial charge on any atom is -0.497 e. The maximum Gasteiger partial charge on any atom is 0.212 e. The van der Waals surface area contributed by atoms with Crippen LogP contribution in [0.4, 0.5) is 11.4 Å². The van der Waals surface area contributed by atoms with Gasteiger partial charge in [0.25, 0.3) is 0 Å². The smallest absolute Gasteiger partial charge is 0.212 e. The molecule has 3 aromatic carbocycles. The van der Waals surface area contributed by atoms with E-state index in [9.17, 15) is 4.79 Å². The molecule has 0 bridgehead atoms. The lowest BCUT2D eigenvalue weighted by Crippen LogP contribution is -2.47. The second kappa shape index (κ2) is 10.1. The lowest BCUT2D eigenvalue weighted by molar-refractivity contribution is -0.344. The number of anilines is 2. The Morgan fingerprint density at radius 2 is 1.51 bits per heavy atom. The summed E-state index contributed by atoms with van der Waals surface area (Å²) in [7, 11) is 1.68. The number of benzene rings is 3. The van der Waals surface area contributed by atoms with Crippen LogP contribution in [0.1, 0.15) is 22.8 Å². The molecule has 0 saturated carbocycles. The standard InChI is InChI=1S/C29H29N3O3/c1-3-35-24-12-8-21(9-13-24)29(33)26-20-30-27-7-5-4-6-25(27)28(26)32-18-16-31(17-19-32)22-10-14-23(34-2)15-11-22/h4-15,20H,3,16-19H2,1-2H3/p+1. The molecular weight excluding hydrogens is 438 g/mol. The normalized spacial score (nSPS) is 13.7. The summed E-state index contributed by atoms with van der Waals surface area (Å²) in [5, 5.41) is 1.06. The maximum absolute atomic E-state index is 13.7. The summed E-state index contributed by atoms with van der Waals surface area (Å²) in [4.78, 5) is 21.7. The highest BCUT2D eigenvalue weighted by molar-refractivity contribution is 6.15. The average molecular weight is 469 g/mol. The Morgan fingerprint density at radius 1 is 0.857 bits per heavy atom. The first-order chi connectivity index (χ1) is 17.2. The Bertz CT molecular complexity index is 1310. The quantitative estimate of drug-likeness (QED) is 0.371. The molecule has 5 rings (SSSR count). The van der Waals surface area contributed by atoms with Crippen molar-refractivity contribution in [2.45, 2.75) is 6.92 Å². The van der Waals surface area contributed by atoms with Gasteiger partial charge in [-0.1, -0.05) is 12.1 Å². The van der Waals surface area contributed by atoms with Crippen molar-refractivity contribution in [1.82, 2.24) is 0 Å². The number of aromatic amines is 1. The highest BCUT2D eigenvalue weighted by Crippen LogP contribution is 2.32. The van der Waals surface area contributed by atoms with Crippen LogP contribution in [-0.2, 0) is 0 Å². The molecular formula is C29H30N3O3+. The van der Waals surface area contributed by atoms with Gasteiger partial charge in [0.15, 0.2) is 6.20 Å². The fourth-order valence-corrected chi connectivity index (χ4v) is 4.70. The van der Waals surface area contributed by atoms with E-state index < -0.39 is 0 Å². The fraction of sp³-hybridized carbons (Fsp3) is 0.241. The van der Waals surface area contributed by atoms with Gasteiger partial charge in [-0.25, -0.2) is 4.98 Å². The summed E-state index contributed by atoms with van der Waals surface area (Å²) in [5.41, 5.74) is 4.53. The predicted molar refractivity (Wildman–Crippen MR) is 139 cm³/mol. The summed E-state index contributed by atoms with van der Waals surface area (Å²) in [5.74, 6) is 1.63. The van der Waals surface area contributed by atoms with E-state index in [0.29, 0.717) is 17.7 Å². The minimum absolute atomic E-state index is 0.00244. The van der Waals surface area contributed by atoms with Gasteiger partial charge >= 0.3 is 0 Å². The van der Waals surface area contributed by atoms with Crippen molar-refractivity contribution in [1.29, 1.82) is 0 Å². The number of para-hydroxylation sites is 1. The molecule has 1 aliphatic heterocycles. The van der Waals surface area contributed by atoms with Crippen molar-refractivity contribution in [3.05, 3.63) is 90.1 Å². The molecule has 4 aromatic rings. The topological polar surface area (TPSA) is 56.2 Å². The van der Waals surface area contributed by atoms with Crippen molar-refractivity contribution >= 4 is 28.1 Å². The molecule has 1 saturated heterocycles. The number of nitrogens with one attached hydrogen (secondary N) is 1. The molecule has 2 heterocycles. The molecule has 1 N–H and O–H groups in total. The lowest BCUT2D eigenvalue weighted by atomic mass is 9.99. The average Bonchev–Trinajstić information content (AvgIpc) is 2.93. The molecule has 1 aliphatic rings. The van der Waals surface area contributed by atoms with Gasteiger partial charge in [-0.05, 0) is 61.5 Å². The van der Waals surface area contributed by atoms with Crippen molar-refractivity contribution < 1.29 is 19.3 Å². The van der Waals surface area contributed by atoms with E-state index in [0.717, 1.165) is 54.3 Å². The van der Waals surface area contributed by atoms with Crippen LogP contribution in [0, 0.1) is 0 Å². The summed E-state index contributed by atoms with van der Waals surface area (Å²) in [6.07, 6.45) is 1.85. The van der Waals surface area contributed by atoms with E-state index in [1.807, 2.05) is 61.7 Å². The zero-order valence-corrected chi connectivity index (χ0v) is 20.2. The van der Waals surface area contributed by atoms with Crippen molar-refractivity contribution in [2.24, 2.45) is 0 Å². The van der Waals surface area contributed by atoms with Crippen LogP contribution < -0.4 is 24.3 Å². The molecule has 0 amide bonds. The third-order valence-electron chi connectivity index (χ3n) is 6.51. The van der Waals surface area contributed by atoms with E-state index >= 15 is 0 Å². The predicted octanol–water partition coefficient (Wildman–Crippen LogP) is 4.62. The highest BCUT2D eigenvalue weighted by atomic mass is 16.5. The zero-order valence-electron chi connectivity index (χ0n) is 20.2. The first kappa shape index (κ1) is 22.7. The number of piperazine rings is 1. The van der Waals surface area contributed by atoms with Gasteiger partial charge < -0.3 is 19.3 Å². The van der Waals surface area contributed by atoms with Gasteiger partial charge in [-0.15, -0.1) is 0 Å². The number of ketones is 1. The van der Waals surface area contributed by atoms with Crippen LogP contribution >= 0.6 is 0 Å². The monoisotopic (exact) mass is 468 g/mol. The third-order valence-corrected chi connectivity index (χ3v) is 6.51. The molecule has 1 aromatic heterocycles. The number of hydrogen-bond acceptors (Lipinski definition) is 5. The number of pyridine rings is 1. The largest absolute Gasteiger partial charge is 0.497 e. The van der Waals surface area contributed by atoms with Gasteiger partial charge in [-0.3, -0.25) is 4.79 Å². The van der Waals surface area contributed by atoms with Crippen LogP contribution in [0.3, 0.4) is 0 Å². The van der Waals surface area contributed by atoms with E-state index in [1.54, 1.807) is 7.11 Å². The molecule has 0 atom stereocenters. The number of aromatic nitrogens is 1. The number of carbonyl (C=O) groups is 1. The Hall–Kier alpha value is -4.06. The minimum atomic E-state index is 0.00244. The van der Waals surface area contributed by atoms with Crippen LogP contribution in [0.25, 0.3) is 10.9 Å². The number of carbonyl (C=O) groups excluding carboxylic acids is 1. The summed E-state index contributed by atoms with van der Waals surface area (Å²) < 4.78 is 10.8. The van der Waals surface area contributed by atoms with Crippen molar-refractivity contribution in [3.63, 3.8) is 0 Å². The highest BCUT2D eigenvalue weighted by Gasteiger charge is 2.27. The summed E-state index contributed by atoms with van der Waals surface area (Å²) >= 11 is 0. The Balaban J connectivity index is 1.45. The van der Waals surface area contributed by atoms with E-state index in [-0.39, 0.29) is 5.78 Å². The molecule has 178 valence electrons. The van der Waals surface area contributed by atoms with Crippen LogP contribution in [0.15, 0.2) is 79.0 Å². The van der Waals surface area contributed by atoms with Crippen molar-refractivity contribution in [3.8, 4) is 11.5 Å². The number of nitrogens with zero attached hydrogens (tertiary/aromatic N) is 2. The Morgan fingerprint density at radius 3 is 2.20 bits per heavy atom. The molecule has 0 aliphatic carbocycles. The summed E-state index contributed by atoms with van der Waals surface area (Å²) in [6.45, 7) is 5.93. The zero-order chi connectivity index (χ0) is 24.2. The molecule has 0 spiro atoms. The number of hydrogen-bond donors (Lipinski definition) is 0. The second-order valence-electron chi connectivity index (χ2n) is 8.56.